The Labute approximate surface area is 280 Å². The second-order valence-corrected chi connectivity index (χ2v) is 11.9. The molecular weight excluding hydrogens is 586 g/mol. The molecule has 2 heteroatoms. The average Bonchev–Trinajstić information content (AvgIpc) is 3.16. The quantitative estimate of drug-likeness (QED) is 0.172. The Balaban J connectivity index is 1.23. The van der Waals surface area contributed by atoms with Crippen LogP contribution in [0.25, 0.3) is 55.3 Å². The molecule has 0 bridgehead atoms. The smallest absolute Gasteiger partial charge is 0.131 e. The van der Waals surface area contributed by atoms with Gasteiger partial charge in [-0.15, -0.1) is 0 Å². The average molecular weight is 618 g/mol. The van der Waals surface area contributed by atoms with Crippen LogP contribution < -0.4 is 4.90 Å². The van der Waals surface area contributed by atoms with E-state index >= 15 is 4.39 Å². The molecule has 0 aliphatic rings. The predicted molar refractivity (Wildman–Crippen MR) is 200 cm³/mol. The maximum Gasteiger partial charge on any atom is 0.131 e. The van der Waals surface area contributed by atoms with Crippen LogP contribution >= 0.6 is 0 Å². The van der Waals surface area contributed by atoms with Gasteiger partial charge < -0.3 is 4.90 Å². The van der Waals surface area contributed by atoms with Crippen LogP contribution in [0.5, 0.6) is 0 Å². The van der Waals surface area contributed by atoms with Crippen molar-refractivity contribution in [2.75, 3.05) is 4.90 Å². The van der Waals surface area contributed by atoms with E-state index in [1.807, 2.05) is 36.4 Å². The molecule has 0 amide bonds. The number of benzene rings is 8. The molecule has 0 saturated heterocycles. The van der Waals surface area contributed by atoms with E-state index in [1.54, 1.807) is 6.07 Å². The molecule has 0 aliphatic carbocycles. The van der Waals surface area contributed by atoms with Crippen LogP contribution in [0, 0.1) is 5.82 Å². The summed E-state index contributed by atoms with van der Waals surface area (Å²) >= 11 is 0. The van der Waals surface area contributed by atoms with E-state index in [0.29, 0.717) is 5.56 Å². The standard InChI is InChI=1S/C46H32FN/c47-45-23-8-7-20-43(45)44-22-11-17-37-16-10-21-42(46(37)44)36-26-30-40(31-27-36)48(39-28-24-35(25-29-39)33-12-3-1-4-13-33)41-19-9-18-38(32-41)34-14-5-2-6-15-34/h1-32H. The summed E-state index contributed by atoms with van der Waals surface area (Å²) in [6, 6.07) is 66.5. The van der Waals surface area contributed by atoms with Gasteiger partial charge in [0.05, 0.1) is 0 Å². The minimum absolute atomic E-state index is 0.221. The van der Waals surface area contributed by atoms with E-state index in [1.165, 1.54) is 22.8 Å². The van der Waals surface area contributed by atoms with Gasteiger partial charge in [0.15, 0.2) is 0 Å². The number of rotatable bonds is 7. The lowest BCUT2D eigenvalue weighted by atomic mass is 9.91. The van der Waals surface area contributed by atoms with E-state index in [4.69, 9.17) is 0 Å². The summed E-state index contributed by atoms with van der Waals surface area (Å²) in [5.41, 5.74) is 11.5. The van der Waals surface area contributed by atoms with Crippen LogP contribution in [-0.4, -0.2) is 0 Å². The van der Waals surface area contributed by atoms with Crippen molar-refractivity contribution in [3.8, 4) is 44.5 Å². The summed E-state index contributed by atoms with van der Waals surface area (Å²) < 4.78 is 15.1. The van der Waals surface area contributed by atoms with E-state index in [-0.39, 0.29) is 5.82 Å². The minimum Gasteiger partial charge on any atom is -0.310 e. The molecule has 0 unspecified atom stereocenters. The number of hydrogen-bond acceptors (Lipinski definition) is 1. The van der Waals surface area contributed by atoms with Crippen molar-refractivity contribution in [1.29, 1.82) is 0 Å². The van der Waals surface area contributed by atoms with E-state index in [0.717, 1.165) is 50.1 Å². The maximum atomic E-state index is 15.1. The Bertz CT molecular complexity index is 2320. The number of hydrogen-bond donors (Lipinski definition) is 0. The molecule has 48 heavy (non-hydrogen) atoms. The van der Waals surface area contributed by atoms with Gasteiger partial charge in [0.25, 0.3) is 0 Å². The fraction of sp³-hybridized carbons (Fsp3) is 0. The van der Waals surface area contributed by atoms with E-state index in [2.05, 4.69) is 150 Å². The summed E-state index contributed by atoms with van der Waals surface area (Å²) in [5, 5.41) is 2.12. The summed E-state index contributed by atoms with van der Waals surface area (Å²) in [6.45, 7) is 0. The van der Waals surface area contributed by atoms with Crippen LogP contribution in [0.3, 0.4) is 0 Å². The first-order chi connectivity index (χ1) is 23.7. The van der Waals surface area contributed by atoms with Gasteiger partial charge >= 0.3 is 0 Å². The number of nitrogens with zero attached hydrogens (tertiary/aromatic N) is 1. The molecule has 0 aromatic heterocycles. The molecular formula is C46H32FN. The maximum absolute atomic E-state index is 15.1. The third-order valence-corrected chi connectivity index (χ3v) is 8.95. The van der Waals surface area contributed by atoms with Crippen molar-refractivity contribution in [1.82, 2.24) is 0 Å². The SMILES string of the molecule is Fc1ccccc1-c1cccc2cccc(-c3ccc(N(c4ccc(-c5ccccc5)cc4)c4cccc(-c5ccccc5)c4)cc3)c12. The number of anilines is 3. The van der Waals surface area contributed by atoms with Gasteiger partial charge in [-0.2, -0.15) is 0 Å². The molecule has 8 rings (SSSR count). The van der Waals surface area contributed by atoms with Crippen LogP contribution in [-0.2, 0) is 0 Å². The summed E-state index contributed by atoms with van der Waals surface area (Å²) in [7, 11) is 0. The Morgan fingerprint density at radius 1 is 0.312 bits per heavy atom. The lowest BCUT2D eigenvalue weighted by Crippen LogP contribution is -2.10. The molecule has 0 N–H and O–H groups in total. The first kappa shape index (κ1) is 29.2. The van der Waals surface area contributed by atoms with Gasteiger partial charge in [-0.25, -0.2) is 4.39 Å². The fourth-order valence-electron chi connectivity index (χ4n) is 6.61. The molecule has 228 valence electrons. The van der Waals surface area contributed by atoms with Gasteiger partial charge in [0.1, 0.15) is 5.82 Å². The Hall–Kier alpha value is -6.25. The van der Waals surface area contributed by atoms with Crippen molar-refractivity contribution in [2.45, 2.75) is 0 Å². The second kappa shape index (κ2) is 12.9. The van der Waals surface area contributed by atoms with Crippen molar-refractivity contribution in [2.24, 2.45) is 0 Å². The molecule has 0 aliphatic heterocycles. The zero-order chi connectivity index (χ0) is 32.3. The zero-order valence-electron chi connectivity index (χ0n) is 26.3. The van der Waals surface area contributed by atoms with Crippen LogP contribution in [0.1, 0.15) is 0 Å². The molecule has 0 spiro atoms. The monoisotopic (exact) mass is 617 g/mol. The Morgan fingerprint density at radius 3 is 1.44 bits per heavy atom. The topological polar surface area (TPSA) is 3.24 Å². The molecule has 0 fully saturated rings. The predicted octanol–water partition coefficient (Wildman–Crippen LogP) is 13.1. The lowest BCUT2D eigenvalue weighted by Gasteiger charge is -2.26. The van der Waals surface area contributed by atoms with Crippen molar-refractivity contribution in [3.05, 3.63) is 200 Å². The fourth-order valence-corrected chi connectivity index (χ4v) is 6.61. The van der Waals surface area contributed by atoms with Gasteiger partial charge in [-0.1, -0.05) is 152 Å². The molecule has 8 aromatic rings. The van der Waals surface area contributed by atoms with Crippen molar-refractivity contribution < 1.29 is 4.39 Å². The summed E-state index contributed by atoms with van der Waals surface area (Å²) in [4.78, 5) is 2.30. The highest BCUT2D eigenvalue weighted by Crippen LogP contribution is 2.41. The Kier molecular flexibility index (Phi) is 7.82. The zero-order valence-corrected chi connectivity index (χ0v) is 26.3. The largest absolute Gasteiger partial charge is 0.310 e. The highest BCUT2D eigenvalue weighted by atomic mass is 19.1. The highest BCUT2D eigenvalue weighted by Gasteiger charge is 2.16. The molecule has 0 saturated carbocycles. The molecule has 0 atom stereocenters. The normalized spacial score (nSPS) is 11.0. The van der Waals surface area contributed by atoms with Crippen LogP contribution in [0.15, 0.2) is 194 Å². The first-order valence-corrected chi connectivity index (χ1v) is 16.2. The molecule has 0 radical (unpaired) electrons. The van der Waals surface area contributed by atoms with E-state index in [9.17, 15) is 0 Å². The number of fused-ring (bicyclic) bond motifs is 1. The van der Waals surface area contributed by atoms with Crippen LogP contribution in [0.4, 0.5) is 21.5 Å². The third-order valence-electron chi connectivity index (χ3n) is 8.95. The van der Waals surface area contributed by atoms with Crippen molar-refractivity contribution >= 4 is 27.8 Å². The van der Waals surface area contributed by atoms with Gasteiger partial charge in [-0.05, 0) is 92.2 Å². The second-order valence-electron chi connectivity index (χ2n) is 11.9. The number of halogens is 1. The van der Waals surface area contributed by atoms with Gasteiger partial charge in [0, 0.05) is 22.6 Å². The minimum atomic E-state index is -0.221. The van der Waals surface area contributed by atoms with Gasteiger partial charge in [0.2, 0.25) is 0 Å². The molecule has 8 aromatic carbocycles. The van der Waals surface area contributed by atoms with Crippen molar-refractivity contribution in [3.63, 3.8) is 0 Å². The van der Waals surface area contributed by atoms with Gasteiger partial charge in [-0.3, -0.25) is 0 Å². The van der Waals surface area contributed by atoms with E-state index < -0.39 is 0 Å². The molecule has 0 heterocycles. The Morgan fingerprint density at radius 2 is 0.792 bits per heavy atom. The van der Waals surface area contributed by atoms with Crippen LogP contribution in [0.2, 0.25) is 0 Å². The summed E-state index contributed by atoms with van der Waals surface area (Å²) in [5.74, 6) is -0.221. The third kappa shape index (κ3) is 5.65. The molecule has 1 nitrogen and oxygen atoms in total. The lowest BCUT2D eigenvalue weighted by molar-refractivity contribution is 0.631. The first-order valence-electron chi connectivity index (χ1n) is 16.2. The highest BCUT2D eigenvalue weighted by molar-refractivity contribution is 6.06. The summed E-state index contributed by atoms with van der Waals surface area (Å²) in [6.07, 6.45) is 0.